The van der Waals surface area contributed by atoms with Crippen LogP contribution in [0, 0.1) is 0 Å². The zero-order valence-electron chi connectivity index (χ0n) is 9.98. The topological polar surface area (TPSA) is 35.5 Å². The molecule has 1 heterocycles. The maximum absolute atomic E-state index is 9.90. The first-order valence-electron chi connectivity index (χ1n) is 5.81. The fraction of sp³-hybridized carbons (Fsp3) is 0.538. The molecule has 1 aliphatic heterocycles. The van der Waals surface area contributed by atoms with E-state index in [0.717, 1.165) is 18.7 Å². The number of likely N-dealkylation sites (N-methyl/N-ethyl adjacent to an activating group) is 2. The highest BCUT2D eigenvalue weighted by molar-refractivity contribution is 5.29. The lowest BCUT2D eigenvalue weighted by molar-refractivity contribution is 0.175. The number of benzene rings is 1. The first-order chi connectivity index (χ1) is 7.70. The van der Waals surface area contributed by atoms with E-state index in [1.807, 2.05) is 19.2 Å². The molecule has 0 aliphatic carbocycles. The van der Waals surface area contributed by atoms with Crippen LogP contribution in [0.3, 0.4) is 0 Å². The molecular weight excluding hydrogens is 200 g/mol. The second-order valence-corrected chi connectivity index (χ2v) is 4.66. The Labute approximate surface area is 97.1 Å². The van der Waals surface area contributed by atoms with Crippen molar-refractivity contribution in [2.45, 2.75) is 12.0 Å². The number of hydrogen-bond acceptors (Lipinski definition) is 3. The van der Waals surface area contributed by atoms with Crippen LogP contribution in [0.4, 0.5) is 0 Å². The molecule has 16 heavy (non-hydrogen) atoms. The first kappa shape index (κ1) is 11.6. The van der Waals surface area contributed by atoms with E-state index in [4.69, 9.17) is 0 Å². The van der Waals surface area contributed by atoms with Gasteiger partial charge in [-0.3, -0.25) is 0 Å². The molecule has 0 bridgehead atoms. The summed E-state index contributed by atoms with van der Waals surface area (Å²) in [7, 11) is 3.99. The highest BCUT2D eigenvalue weighted by atomic mass is 16.3. The van der Waals surface area contributed by atoms with Gasteiger partial charge in [0.1, 0.15) is 0 Å². The van der Waals surface area contributed by atoms with Gasteiger partial charge in [0.25, 0.3) is 0 Å². The van der Waals surface area contributed by atoms with Gasteiger partial charge in [-0.15, -0.1) is 0 Å². The van der Waals surface area contributed by atoms with Crippen molar-refractivity contribution in [2.75, 3.05) is 33.7 Å². The summed E-state index contributed by atoms with van der Waals surface area (Å²) < 4.78 is 0. The molecule has 1 fully saturated rings. The van der Waals surface area contributed by atoms with Gasteiger partial charge in [0.05, 0.1) is 6.10 Å². The Balaban J connectivity index is 2.07. The van der Waals surface area contributed by atoms with Gasteiger partial charge in [0.2, 0.25) is 0 Å². The van der Waals surface area contributed by atoms with Crippen molar-refractivity contribution in [2.24, 2.45) is 0 Å². The van der Waals surface area contributed by atoms with Crippen LogP contribution in [0.15, 0.2) is 24.3 Å². The molecule has 3 nitrogen and oxygen atoms in total. The Morgan fingerprint density at radius 3 is 2.88 bits per heavy atom. The van der Waals surface area contributed by atoms with Crippen molar-refractivity contribution in [3.05, 3.63) is 35.4 Å². The number of nitrogens with one attached hydrogen (secondary N) is 1. The van der Waals surface area contributed by atoms with Crippen molar-refractivity contribution < 1.29 is 5.11 Å². The zero-order valence-corrected chi connectivity index (χ0v) is 9.98. The van der Waals surface area contributed by atoms with E-state index >= 15 is 0 Å². The van der Waals surface area contributed by atoms with Crippen molar-refractivity contribution >= 4 is 0 Å². The summed E-state index contributed by atoms with van der Waals surface area (Å²) in [5.41, 5.74) is 2.37. The van der Waals surface area contributed by atoms with Crippen LogP contribution < -0.4 is 5.32 Å². The first-order valence-corrected chi connectivity index (χ1v) is 5.81. The lowest BCUT2D eigenvalue weighted by Crippen LogP contribution is -2.41. The van der Waals surface area contributed by atoms with Crippen LogP contribution >= 0.6 is 0 Å². The van der Waals surface area contributed by atoms with E-state index in [9.17, 15) is 5.11 Å². The SMILES string of the molecule is CNCC(O)c1cccc(C2CN(C)C2)c1. The van der Waals surface area contributed by atoms with Crippen LogP contribution in [0.2, 0.25) is 0 Å². The predicted molar refractivity (Wildman–Crippen MR) is 65.6 cm³/mol. The third-order valence-electron chi connectivity index (χ3n) is 3.23. The van der Waals surface area contributed by atoms with Crippen molar-refractivity contribution in [1.29, 1.82) is 0 Å². The van der Waals surface area contributed by atoms with Gasteiger partial charge in [0, 0.05) is 25.6 Å². The molecule has 0 aromatic heterocycles. The molecule has 0 amide bonds. The minimum absolute atomic E-state index is 0.400. The highest BCUT2D eigenvalue weighted by Crippen LogP contribution is 2.27. The van der Waals surface area contributed by atoms with Gasteiger partial charge in [-0.1, -0.05) is 24.3 Å². The number of likely N-dealkylation sites (tertiary alicyclic amines) is 1. The Hall–Kier alpha value is -0.900. The number of nitrogens with zero attached hydrogens (tertiary/aromatic N) is 1. The number of hydrogen-bond donors (Lipinski definition) is 2. The summed E-state index contributed by atoms with van der Waals surface area (Å²) in [6.45, 7) is 2.87. The summed E-state index contributed by atoms with van der Waals surface area (Å²) in [6, 6.07) is 8.34. The Morgan fingerprint density at radius 2 is 2.25 bits per heavy atom. The number of aliphatic hydroxyl groups is 1. The summed E-state index contributed by atoms with van der Waals surface area (Å²) in [6.07, 6.45) is -0.400. The molecule has 0 saturated carbocycles. The largest absolute Gasteiger partial charge is 0.387 e. The maximum Gasteiger partial charge on any atom is 0.0914 e. The van der Waals surface area contributed by atoms with Crippen LogP contribution in [0.5, 0.6) is 0 Å². The van der Waals surface area contributed by atoms with E-state index in [0.29, 0.717) is 12.5 Å². The Kier molecular flexibility index (Phi) is 3.59. The van der Waals surface area contributed by atoms with Crippen LogP contribution in [0.1, 0.15) is 23.1 Å². The summed E-state index contributed by atoms with van der Waals surface area (Å²) in [5.74, 6) is 0.645. The Bertz CT molecular complexity index is 328. The van der Waals surface area contributed by atoms with Crippen LogP contribution in [-0.4, -0.2) is 43.7 Å². The third-order valence-corrected chi connectivity index (χ3v) is 3.23. The summed E-state index contributed by atoms with van der Waals surface area (Å²) in [5, 5.41) is 12.9. The van der Waals surface area contributed by atoms with Crippen molar-refractivity contribution in [3.8, 4) is 0 Å². The fourth-order valence-corrected chi connectivity index (χ4v) is 2.24. The molecule has 1 aliphatic rings. The second-order valence-electron chi connectivity index (χ2n) is 4.66. The molecule has 0 radical (unpaired) electrons. The monoisotopic (exact) mass is 220 g/mol. The molecular formula is C13H20N2O. The lowest BCUT2D eigenvalue weighted by Gasteiger charge is -2.36. The molecule has 1 aromatic rings. The van der Waals surface area contributed by atoms with Crippen LogP contribution in [0.25, 0.3) is 0 Å². The fourth-order valence-electron chi connectivity index (χ4n) is 2.24. The predicted octanol–water partition coefficient (Wildman–Crippen LogP) is 0.968. The Morgan fingerprint density at radius 1 is 1.50 bits per heavy atom. The third kappa shape index (κ3) is 2.43. The van der Waals surface area contributed by atoms with E-state index in [2.05, 4.69) is 29.4 Å². The molecule has 1 aromatic carbocycles. The van der Waals surface area contributed by atoms with Gasteiger partial charge in [-0.25, -0.2) is 0 Å². The minimum Gasteiger partial charge on any atom is -0.387 e. The number of aliphatic hydroxyl groups excluding tert-OH is 1. The normalized spacial score (nSPS) is 19.4. The van der Waals surface area contributed by atoms with Crippen molar-refractivity contribution in [3.63, 3.8) is 0 Å². The minimum atomic E-state index is -0.400. The van der Waals surface area contributed by atoms with Gasteiger partial charge < -0.3 is 15.3 Å². The average molecular weight is 220 g/mol. The van der Waals surface area contributed by atoms with Gasteiger partial charge in [-0.05, 0) is 25.2 Å². The molecule has 1 saturated heterocycles. The van der Waals surface area contributed by atoms with Gasteiger partial charge >= 0.3 is 0 Å². The average Bonchev–Trinajstić information content (AvgIpc) is 2.25. The lowest BCUT2D eigenvalue weighted by atomic mass is 9.90. The molecule has 1 atom stereocenters. The summed E-state index contributed by atoms with van der Waals surface area (Å²) in [4.78, 5) is 2.31. The van der Waals surface area contributed by atoms with Gasteiger partial charge in [-0.2, -0.15) is 0 Å². The quantitative estimate of drug-likeness (QED) is 0.793. The zero-order chi connectivity index (χ0) is 11.5. The van der Waals surface area contributed by atoms with E-state index in [1.54, 1.807) is 0 Å². The smallest absolute Gasteiger partial charge is 0.0914 e. The molecule has 2 N–H and O–H groups in total. The van der Waals surface area contributed by atoms with Gasteiger partial charge in [0.15, 0.2) is 0 Å². The van der Waals surface area contributed by atoms with E-state index in [1.165, 1.54) is 5.56 Å². The molecule has 1 unspecified atom stereocenters. The van der Waals surface area contributed by atoms with E-state index < -0.39 is 6.10 Å². The standard InChI is InChI=1S/C13H20N2O/c1-14-7-13(16)11-5-3-4-10(6-11)12-8-15(2)9-12/h3-6,12-14,16H,7-9H2,1-2H3. The number of rotatable bonds is 4. The highest BCUT2D eigenvalue weighted by Gasteiger charge is 2.24. The molecule has 2 rings (SSSR count). The molecule has 3 heteroatoms. The van der Waals surface area contributed by atoms with Crippen LogP contribution in [-0.2, 0) is 0 Å². The van der Waals surface area contributed by atoms with E-state index in [-0.39, 0.29) is 0 Å². The van der Waals surface area contributed by atoms with Crippen molar-refractivity contribution in [1.82, 2.24) is 10.2 Å². The second kappa shape index (κ2) is 4.95. The molecule has 0 spiro atoms. The molecule has 88 valence electrons. The maximum atomic E-state index is 9.90. The summed E-state index contributed by atoms with van der Waals surface area (Å²) >= 11 is 0.